The van der Waals surface area contributed by atoms with E-state index in [9.17, 15) is 14.4 Å². The number of fused-ring (bicyclic) bond motifs is 2. The van der Waals surface area contributed by atoms with Crippen molar-refractivity contribution < 1.29 is 19.1 Å². The number of anilines is 2. The van der Waals surface area contributed by atoms with Crippen LogP contribution in [0.1, 0.15) is 56.5 Å². The van der Waals surface area contributed by atoms with Gasteiger partial charge in [0.1, 0.15) is 11.4 Å². The van der Waals surface area contributed by atoms with E-state index in [1.54, 1.807) is 50.0 Å². The summed E-state index contributed by atoms with van der Waals surface area (Å²) in [6.07, 6.45) is 4.12. The van der Waals surface area contributed by atoms with Crippen LogP contribution in [-0.4, -0.2) is 39.9 Å². The van der Waals surface area contributed by atoms with E-state index in [1.165, 1.54) is 6.20 Å². The third-order valence-electron chi connectivity index (χ3n) is 6.06. The first-order valence-corrected chi connectivity index (χ1v) is 12.1. The number of carbonyl (C=O) groups excluding carboxylic acids is 3. The number of aromatic nitrogens is 1. The molecule has 1 saturated carbocycles. The molecule has 1 aliphatic heterocycles. The number of nitrogens with zero attached hydrogens (tertiary/aromatic N) is 2. The lowest BCUT2D eigenvalue weighted by atomic mass is 9.89. The minimum Gasteiger partial charge on any atom is -0.444 e. The number of piperidine rings is 1. The molecule has 2 bridgehead atoms. The molecule has 0 unspecified atom stereocenters. The molecule has 0 aromatic carbocycles. The molecule has 3 heterocycles. The van der Waals surface area contributed by atoms with Gasteiger partial charge in [0, 0.05) is 11.4 Å². The molecule has 2 aromatic rings. The molecule has 3 amide bonds. The molecule has 2 fully saturated rings. The van der Waals surface area contributed by atoms with Crippen molar-refractivity contribution in [1.82, 2.24) is 9.88 Å². The fourth-order valence-electron chi connectivity index (χ4n) is 4.76. The molecule has 2 N–H and O–H groups in total. The van der Waals surface area contributed by atoms with Crippen LogP contribution in [0, 0.1) is 18.8 Å². The first-order chi connectivity index (χ1) is 15.6. The van der Waals surface area contributed by atoms with Gasteiger partial charge in [-0.1, -0.05) is 6.07 Å². The Morgan fingerprint density at radius 3 is 2.67 bits per heavy atom. The largest absolute Gasteiger partial charge is 0.444 e. The number of pyridine rings is 1. The van der Waals surface area contributed by atoms with E-state index in [2.05, 4.69) is 21.7 Å². The SMILES string of the molecule is Cc1cc(NC(=O)C(=O)N2C[C@H]3CC[C@H](C3)[C@H]2c2cccs2)cnc1NC(=O)OC(C)(C)C. The summed E-state index contributed by atoms with van der Waals surface area (Å²) < 4.78 is 5.24. The molecule has 1 saturated heterocycles. The topological polar surface area (TPSA) is 101 Å². The van der Waals surface area contributed by atoms with Gasteiger partial charge >= 0.3 is 17.9 Å². The number of hydrogen-bond acceptors (Lipinski definition) is 6. The second kappa shape index (κ2) is 9.13. The number of amides is 3. The zero-order valence-electron chi connectivity index (χ0n) is 19.4. The van der Waals surface area contributed by atoms with Crippen LogP contribution in [0.3, 0.4) is 0 Å². The van der Waals surface area contributed by atoms with Gasteiger partial charge in [0.15, 0.2) is 0 Å². The maximum atomic E-state index is 13.2. The Morgan fingerprint density at radius 2 is 2.00 bits per heavy atom. The highest BCUT2D eigenvalue weighted by Gasteiger charge is 2.45. The van der Waals surface area contributed by atoms with Gasteiger partial charge < -0.3 is 15.0 Å². The summed E-state index contributed by atoms with van der Waals surface area (Å²) in [6, 6.07) is 5.67. The summed E-state index contributed by atoms with van der Waals surface area (Å²) in [6.45, 7) is 7.70. The lowest BCUT2D eigenvalue weighted by Crippen LogP contribution is -2.47. The van der Waals surface area contributed by atoms with Gasteiger partial charge in [-0.2, -0.15) is 0 Å². The highest BCUT2D eigenvalue weighted by Crippen LogP contribution is 2.48. The number of ether oxygens (including phenoxy) is 1. The second-order valence-corrected chi connectivity index (χ2v) is 10.8. The maximum Gasteiger partial charge on any atom is 0.413 e. The van der Waals surface area contributed by atoms with Gasteiger partial charge in [0.2, 0.25) is 0 Å². The van der Waals surface area contributed by atoms with Crippen molar-refractivity contribution in [3.63, 3.8) is 0 Å². The molecule has 33 heavy (non-hydrogen) atoms. The van der Waals surface area contributed by atoms with E-state index in [-0.39, 0.29) is 6.04 Å². The Bertz CT molecular complexity index is 1050. The molecule has 1 aliphatic carbocycles. The number of hydrogen-bond donors (Lipinski definition) is 2. The van der Waals surface area contributed by atoms with E-state index < -0.39 is 23.5 Å². The van der Waals surface area contributed by atoms with Gasteiger partial charge in [0.05, 0.1) is 17.9 Å². The summed E-state index contributed by atoms with van der Waals surface area (Å²) in [5.41, 5.74) is 0.410. The Hall–Kier alpha value is -2.94. The summed E-state index contributed by atoms with van der Waals surface area (Å²) in [5, 5.41) is 7.30. The standard InChI is InChI=1S/C24H30N4O4S/c1-14-10-17(12-25-20(14)27-23(31)32-24(2,3)4)26-21(29)22(30)28-13-15-7-8-16(11-15)19(28)18-6-5-9-33-18/h5-6,9-10,12,15-16,19H,7-8,11,13H2,1-4H3,(H,26,29)(H,25,27,31)/t15-,16+,19-/m0/s1. The Morgan fingerprint density at radius 1 is 1.21 bits per heavy atom. The van der Waals surface area contributed by atoms with Crippen LogP contribution in [0.5, 0.6) is 0 Å². The summed E-state index contributed by atoms with van der Waals surface area (Å²) in [5.74, 6) is 0.0100. The Balaban J connectivity index is 1.44. The molecule has 8 nitrogen and oxygen atoms in total. The highest BCUT2D eigenvalue weighted by atomic mass is 32.1. The molecular weight excluding hydrogens is 440 g/mol. The normalized spacial score (nSPS) is 22.1. The van der Waals surface area contributed by atoms with Crippen molar-refractivity contribution in [1.29, 1.82) is 0 Å². The lowest BCUT2D eigenvalue weighted by molar-refractivity contribution is -0.147. The third kappa shape index (κ3) is 5.35. The Labute approximate surface area is 197 Å². The van der Waals surface area contributed by atoms with Gasteiger partial charge in [0.25, 0.3) is 0 Å². The maximum absolute atomic E-state index is 13.2. The smallest absolute Gasteiger partial charge is 0.413 e. The average molecular weight is 471 g/mol. The zero-order valence-corrected chi connectivity index (χ0v) is 20.2. The predicted octanol–water partition coefficient (Wildman–Crippen LogP) is 4.74. The lowest BCUT2D eigenvalue weighted by Gasteiger charge is -2.39. The fraction of sp³-hybridized carbons (Fsp3) is 0.500. The molecule has 2 aliphatic rings. The van der Waals surface area contributed by atoms with Crippen LogP contribution in [0.4, 0.5) is 16.3 Å². The minimum absolute atomic E-state index is 0.0396. The van der Waals surface area contributed by atoms with Crippen LogP contribution in [0.15, 0.2) is 29.8 Å². The van der Waals surface area contributed by atoms with Crippen LogP contribution in [0.25, 0.3) is 0 Å². The molecule has 3 atom stereocenters. The van der Waals surface area contributed by atoms with Crippen LogP contribution in [-0.2, 0) is 14.3 Å². The van der Waals surface area contributed by atoms with E-state index in [0.717, 1.165) is 24.1 Å². The molecule has 0 radical (unpaired) electrons. The van der Waals surface area contributed by atoms with Crippen molar-refractivity contribution in [2.75, 3.05) is 17.2 Å². The van der Waals surface area contributed by atoms with Crippen LogP contribution < -0.4 is 10.6 Å². The summed E-state index contributed by atoms with van der Waals surface area (Å²) in [7, 11) is 0. The monoisotopic (exact) mass is 470 g/mol. The highest BCUT2D eigenvalue weighted by molar-refractivity contribution is 7.10. The summed E-state index contributed by atoms with van der Waals surface area (Å²) in [4.78, 5) is 45.2. The molecule has 2 aromatic heterocycles. The Kier molecular flexibility index (Phi) is 6.43. The summed E-state index contributed by atoms with van der Waals surface area (Å²) >= 11 is 1.64. The number of thiophene rings is 1. The quantitative estimate of drug-likeness (QED) is 0.631. The number of likely N-dealkylation sites (tertiary alicyclic amines) is 1. The second-order valence-electron chi connectivity index (χ2n) is 9.83. The predicted molar refractivity (Wildman–Crippen MR) is 127 cm³/mol. The number of aryl methyl sites for hydroxylation is 1. The minimum atomic E-state index is -0.674. The van der Waals surface area contributed by atoms with Crippen molar-refractivity contribution in [2.45, 2.75) is 58.6 Å². The third-order valence-corrected chi connectivity index (χ3v) is 7.01. The number of rotatable bonds is 3. The van der Waals surface area contributed by atoms with Crippen molar-refractivity contribution in [3.8, 4) is 0 Å². The fourth-order valence-corrected chi connectivity index (χ4v) is 5.69. The molecule has 0 spiro atoms. The molecule has 4 rings (SSSR count). The first-order valence-electron chi connectivity index (χ1n) is 11.2. The van der Waals surface area contributed by atoms with Gasteiger partial charge in [-0.3, -0.25) is 14.9 Å². The first kappa shape index (κ1) is 23.2. The molecule has 176 valence electrons. The number of nitrogens with one attached hydrogen (secondary N) is 2. The number of carbonyl (C=O) groups is 3. The van der Waals surface area contributed by atoms with Crippen LogP contribution in [0.2, 0.25) is 0 Å². The van der Waals surface area contributed by atoms with Crippen molar-refractivity contribution in [2.24, 2.45) is 11.8 Å². The van der Waals surface area contributed by atoms with Crippen LogP contribution >= 0.6 is 11.3 Å². The molecule has 9 heteroatoms. The van der Waals surface area contributed by atoms with E-state index >= 15 is 0 Å². The van der Waals surface area contributed by atoms with E-state index in [1.807, 2.05) is 11.4 Å². The average Bonchev–Trinajstić information content (AvgIpc) is 3.39. The van der Waals surface area contributed by atoms with E-state index in [4.69, 9.17) is 4.74 Å². The van der Waals surface area contributed by atoms with Gasteiger partial charge in [-0.15, -0.1) is 11.3 Å². The zero-order chi connectivity index (χ0) is 23.8. The van der Waals surface area contributed by atoms with E-state index in [0.29, 0.717) is 35.4 Å². The van der Waals surface area contributed by atoms with Crippen molar-refractivity contribution >= 4 is 40.7 Å². The molecular formula is C24H30N4O4S. The van der Waals surface area contributed by atoms with Gasteiger partial charge in [-0.25, -0.2) is 9.78 Å². The van der Waals surface area contributed by atoms with Crippen molar-refractivity contribution in [3.05, 3.63) is 40.2 Å². The van der Waals surface area contributed by atoms with Gasteiger partial charge in [-0.05, 0) is 81.9 Å².